The van der Waals surface area contributed by atoms with Crippen molar-refractivity contribution in [2.75, 3.05) is 6.61 Å². The van der Waals surface area contributed by atoms with Gasteiger partial charge >= 0.3 is 0 Å². The average Bonchev–Trinajstić information content (AvgIpc) is 2.75. The van der Waals surface area contributed by atoms with Crippen molar-refractivity contribution in [1.29, 1.82) is 0 Å². The standard InChI is InChI=1S/C13H11ClFNO2/c1-16-6-5-9(7-16)12(17)8-18-13-10(14)3-2-4-11(13)15/h2-7H,8H2,1H3. The van der Waals surface area contributed by atoms with Gasteiger partial charge in [-0.25, -0.2) is 4.39 Å². The Bertz CT molecular complexity index is 560. The molecule has 1 aromatic heterocycles. The van der Waals surface area contributed by atoms with Crippen molar-refractivity contribution in [2.24, 2.45) is 7.05 Å². The molecule has 0 saturated heterocycles. The SMILES string of the molecule is Cn1ccc(C(=O)COc2c(F)cccc2Cl)c1. The van der Waals surface area contributed by atoms with Gasteiger partial charge in [0.2, 0.25) is 5.78 Å². The zero-order chi connectivity index (χ0) is 13.1. The normalized spacial score (nSPS) is 10.4. The van der Waals surface area contributed by atoms with Crippen LogP contribution < -0.4 is 4.74 Å². The van der Waals surface area contributed by atoms with Gasteiger partial charge in [0, 0.05) is 25.0 Å². The molecule has 1 heterocycles. The van der Waals surface area contributed by atoms with Gasteiger partial charge < -0.3 is 9.30 Å². The van der Waals surface area contributed by atoms with Crippen molar-refractivity contribution in [3.63, 3.8) is 0 Å². The molecule has 0 bridgehead atoms. The van der Waals surface area contributed by atoms with E-state index in [4.69, 9.17) is 16.3 Å². The Hall–Kier alpha value is -1.81. The molecule has 5 heteroatoms. The third-order valence-electron chi connectivity index (χ3n) is 2.42. The van der Waals surface area contributed by atoms with Gasteiger partial charge in [-0.2, -0.15) is 0 Å². The average molecular weight is 268 g/mol. The number of hydrogen-bond acceptors (Lipinski definition) is 2. The molecule has 94 valence electrons. The first kappa shape index (κ1) is 12.6. The van der Waals surface area contributed by atoms with E-state index >= 15 is 0 Å². The van der Waals surface area contributed by atoms with Crippen molar-refractivity contribution in [3.8, 4) is 5.75 Å². The topological polar surface area (TPSA) is 31.2 Å². The van der Waals surface area contributed by atoms with Gasteiger partial charge in [-0.1, -0.05) is 17.7 Å². The number of ether oxygens (including phenoxy) is 1. The van der Waals surface area contributed by atoms with Crippen LogP contribution in [0.15, 0.2) is 36.7 Å². The van der Waals surface area contributed by atoms with Crippen LogP contribution in [-0.4, -0.2) is 17.0 Å². The van der Waals surface area contributed by atoms with Crippen molar-refractivity contribution >= 4 is 17.4 Å². The highest BCUT2D eigenvalue weighted by Gasteiger charge is 2.12. The molecular weight excluding hydrogens is 257 g/mol. The summed E-state index contributed by atoms with van der Waals surface area (Å²) in [6, 6.07) is 5.89. The predicted octanol–water partition coefficient (Wildman–Crippen LogP) is 3.08. The number of para-hydroxylation sites is 1. The van der Waals surface area contributed by atoms with E-state index in [0.29, 0.717) is 5.56 Å². The fourth-order valence-corrected chi connectivity index (χ4v) is 1.73. The lowest BCUT2D eigenvalue weighted by Gasteiger charge is -2.07. The molecule has 0 amide bonds. The van der Waals surface area contributed by atoms with Crippen molar-refractivity contribution in [1.82, 2.24) is 4.57 Å². The van der Waals surface area contributed by atoms with E-state index in [1.807, 2.05) is 7.05 Å². The summed E-state index contributed by atoms with van der Waals surface area (Å²) in [4.78, 5) is 11.8. The fraction of sp³-hybridized carbons (Fsp3) is 0.154. The van der Waals surface area contributed by atoms with Crippen LogP contribution in [0.4, 0.5) is 4.39 Å². The highest BCUT2D eigenvalue weighted by Crippen LogP contribution is 2.27. The molecule has 0 atom stereocenters. The number of hydrogen-bond donors (Lipinski definition) is 0. The molecule has 2 aromatic rings. The summed E-state index contributed by atoms with van der Waals surface area (Å²) in [6.45, 7) is -0.245. The van der Waals surface area contributed by atoms with Crippen molar-refractivity contribution in [3.05, 3.63) is 53.1 Å². The van der Waals surface area contributed by atoms with E-state index in [1.165, 1.54) is 18.2 Å². The van der Waals surface area contributed by atoms with E-state index in [0.717, 1.165) is 0 Å². The molecule has 1 aromatic carbocycles. The zero-order valence-corrected chi connectivity index (χ0v) is 10.4. The summed E-state index contributed by atoms with van der Waals surface area (Å²) in [5.41, 5.74) is 0.518. The number of rotatable bonds is 4. The third-order valence-corrected chi connectivity index (χ3v) is 2.72. The molecule has 2 rings (SSSR count). The van der Waals surface area contributed by atoms with E-state index in [-0.39, 0.29) is 23.2 Å². The molecule has 0 saturated carbocycles. The van der Waals surface area contributed by atoms with Crippen LogP contribution in [-0.2, 0) is 7.05 Å². The second kappa shape index (κ2) is 5.23. The first-order chi connectivity index (χ1) is 8.58. The summed E-state index contributed by atoms with van der Waals surface area (Å²) >= 11 is 5.78. The van der Waals surface area contributed by atoms with Crippen LogP contribution in [0.1, 0.15) is 10.4 Å². The van der Waals surface area contributed by atoms with Gasteiger partial charge in [0.1, 0.15) is 0 Å². The minimum Gasteiger partial charge on any atom is -0.481 e. The van der Waals surface area contributed by atoms with Crippen LogP contribution >= 0.6 is 11.6 Å². The maximum atomic E-state index is 13.4. The Labute approximate surface area is 109 Å². The van der Waals surface area contributed by atoms with Crippen LogP contribution in [0.2, 0.25) is 5.02 Å². The quantitative estimate of drug-likeness (QED) is 0.797. The minimum absolute atomic E-state index is 0.0940. The van der Waals surface area contributed by atoms with Crippen molar-refractivity contribution in [2.45, 2.75) is 0 Å². The number of aromatic nitrogens is 1. The number of carbonyl (C=O) groups is 1. The molecule has 0 spiro atoms. The van der Waals surface area contributed by atoms with Gasteiger partial charge in [-0.05, 0) is 18.2 Å². The molecule has 3 nitrogen and oxygen atoms in total. The Kier molecular flexibility index (Phi) is 3.67. The van der Waals surface area contributed by atoms with Crippen LogP contribution in [0.5, 0.6) is 5.75 Å². The largest absolute Gasteiger partial charge is 0.481 e. The van der Waals surface area contributed by atoms with Crippen LogP contribution in [0.25, 0.3) is 0 Å². The molecule has 18 heavy (non-hydrogen) atoms. The lowest BCUT2D eigenvalue weighted by atomic mass is 10.2. The molecular formula is C13H11ClFNO2. The Morgan fingerprint density at radius 1 is 1.44 bits per heavy atom. The summed E-state index contributed by atoms with van der Waals surface area (Å²) in [5, 5.41) is 0.149. The lowest BCUT2D eigenvalue weighted by molar-refractivity contribution is 0.0919. The number of Topliss-reactive ketones (excluding diaryl/α,β-unsaturated/α-hetero) is 1. The number of nitrogens with zero attached hydrogens (tertiary/aromatic N) is 1. The zero-order valence-electron chi connectivity index (χ0n) is 9.69. The molecule has 0 N–H and O–H groups in total. The number of aryl methyl sites for hydroxylation is 1. The van der Waals surface area contributed by atoms with Gasteiger partial charge in [-0.15, -0.1) is 0 Å². The second-order valence-corrected chi connectivity index (χ2v) is 4.24. The molecule has 0 radical (unpaired) electrons. The highest BCUT2D eigenvalue weighted by atomic mass is 35.5. The Balaban J connectivity index is 2.06. The fourth-order valence-electron chi connectivity index (χ4n) is 1.51. The summed E-state index contributed by atoms with van der Waals surface area (Å²) < 4.78 is 20.3. The smallest absolute Gasteiger partial charge is 0.201 e. The van der Waals surface area contributed by atoms with Crippen LogP contribution in [0, 0.1) is 5.82 Å². The maximum Gasteiger partial charge on any atom is 0.201 e. The molecule has 0 fully saturated rings. The first-order valence-corrected chi connectivity index (χ1v) is 5.67. The molecule has 0 aliphatic heterocycles. The highest BCUT2D eigenvalue weighted by molar-refractivity contribution is 6.32. The predicted molar refractivity (Wildman–Crippen MR) is 66.6 cm³/mol. The van der Waals surface area contributed by atoms with E-state index < -0.39 is 5.82 Å². The summed E-state index contributed by atoms with van der Waals surface area (Å²) in [7, 11) is 1.81. The monoisotopic (exact) mass is 267 g/mol. The van der Waals surface area contributed by atoms with E-state index in [2.05, 4.69) is 0 Å². The second-order valence-electron chi connectivity index (χ2n) is 3.83. The van der Waals surface area contributed by atoms with Gasteiger partial charge in [0.05, 0.1) is 5.02 Å². The van der Waals surface area contributed by atoms with Gasteiger partial charge in [0.15, 0.2) is 18.2 Å². The number of carbonyl (C=O) groups excluding carboxylic acids is 1. The van der Waals surface area contributed by atoms with E-state index in [9.17, 15) is 9.18 Å². The lowest BCUT2D eigenvalue weighted by Crippen LogP contribution is -2.11. The number of ketones is 1. The minimum atomic E-state index is -0.580. The van der Waals surface area contributed by atoms with Gasteiger partial charge in [0.25, 0.3) is 0 Å². The molecule has 0 unspecified atom stereocenters. The van der Waals surface area contributed by atoms with Gasteiger partial charge in [-0.3, -0.25) is 4.79 Å². The summed E-state index contributed by atoms with van der Waals surface area (Å²) in [6.07, 6.45) is 3.43. The first-order valence-electron chi connectivity index (χ1n) is 5.30. The Morgan fingerprint density at radius 2 is 2.22 bits per heavy atom. The summed E-state index contributed by atoms with van der Waals surface area (Å²) in [5.74, 6) is -0.901. The van der Waals surface area contributed by atoms with Crippen LogP contribution in [0.3, 0.4) is 0 Å². The molecule has 0 aliphatic carbocycles. The third kappa shape index (κ3) is 2.71. The number of benzene rings is 1. The Morgan fingerprint density at radius 3 is 2.83 bits per heavy atom. The number of halogens is 2. The van der Waals surface area contributed by atoms with Crippen molar-refractivity contribution < 1.29 is 13.9 Å². The maximum absolute atomic E-state index is 13.4. The van der Waals surface area contributed by atoms with E-state index in [1.54, 1.807) is 23.0 Å². The molecule has 0 aliphatic rings.